The van der Waals surface area contributed by atoms with E-state index in [4.69, 9.17) is 9.47 Å². The molecule has 0 bridgehead atoms. The van der Waals surface area contributed by atoms with Crippen molar-refractivity contribution in [3.8, 4) is 5.75 Å². The summed E-state index contributed by atoms with van der Waals surface area (Å²) in [5.74, 6) is -0.958. The third kappa shape index (κ3) is 5.54. The molecule has 1 aliphatic rings. The van der Waals surface area contributed by atoms with Crippen molar-refractivity contribution in [2.45, 2.75) is 31.6 Å². The average molecular weight is 396 g/mol. The van der Waals surface area contributed by atoms with Crippen molar-refractivity contribution in [1.29, 1.82) is 0 Å². The van der Waals surface area contributed by atoms with E-state index in [2.05, 4.69) is 5.32 Å². The number of benzene rings is 1. The van der Waals surface area contributed by atoms with Gasteiger partial charge in [-0.25, -0.2) is 13.2 Å². The van der Waals surface area contributed by atoms with E-state index in [-0.39, 0.29) is 16.3 Å². The summed E-state index contributed by atoms with van der Waals surface area (Å²) < 4.78 is 37.5. The molecular weight excluding hydrogens is 372 g/mol. The van der Waals surface area contributed by atoms with Crippen LogP contribution in [0.3, 0.4) is 0 Å². The van der Waals surface area contributed by atoms with Crippen LogP contribution in [0.15, 0.2) is 35.2 Å². The Morgan fingerprint density at radius 1 is 1.26 bits per heavy atom. The van der Waals surface area contributed by atoms with E-state index in [9.17, 15) is 18.0 Å². The first-order chi connectivity index (χ1) is 12.9. The van der Waals surface area contributed by atoms with E-state index in [0.29, 0.717) is 19.7 Å². The number of carbonyl (C=O) groups excluding carboxylic acids is 2. The van der Waals surface area contributed by atoms with Gasteiger partial charge in [0.15, 0.2) is 6.61 Å². The third-order valence-corrected chi connectivity index (χ3v) is 5.78. The second-order valence-electron chi connectivity index (χ2n) is 5.86. The third-order valence-electron chi connectivity index (χ3n) is 3.86. The Labute approximate surface area is 159 Å². The molecule has 0 saturated carbocycles. The van der Waals surface area contributed by atoms with Crippen LogP contribution in [0.5, 0.6) is 5.75 Å². The Kier molecular flexibility index (Phi) is 7.37. The van der Waals surface area contributed by atoms with Crippen LogP contribution in [-0.4, -0.2) is 50.9 Å². The van der Waals surface area contributed by atoms with Crippen molar-refractivity contribution in [3.63, 3.8) is 0 Å². The molecule has 1 saturated heterocycles. The quantitative estimate of drug-likeness (QED) is 0.532. The number of hydrogen-bond acceptors (Lipinski definition) is 6. The van der Waals surface area contributed by atoms with Crippen LogP contribution in [0, 0.1) is 0 Å². The minimum atomic E-state index is -3.72. The standard InChI is InChI=1S/C18H24N2O6S/c1-3-7-18(22)26-13-17(21)19-14-8-9-15(25-4-2)16(12-14)27(23,24)20-10-5-6-11-20/h3,7-9,12H,4-6,10-11,13H2,1-2H3,(H,19,21)/b7-3+. The van der Waals surface area contributed by atoms with Crippen LogP contribution < -0.4 is 10.1 Å². The summed E-state index contributed by atoms with van der Waals surface area (Å²) in [5.41, 5.74) is 0.281. The smallest absolute Gasteiger partial charge is 0.330 e. The highest BCUT2D eigenvalue weighted by Crippen LogP contribution is 2.31. The lowest BCUT2D eigenvalue weighted by molar-refractivity contribution is -0.142. The molecule has 0 radical (unpaired) electrons. The van der Waals surface area contributed by atoms with Gasteiger partial charge in [-0.2, -0.15) is 4.31 Å². The van der Waals surface area contributed by atoms with Gasteiger partial charge in [-0.1, -0.05) is 6.08 Å². The summed E-state index contributed by atoms with van der Waals surface area (Å²) in [5, 5.41) is 2.53. The summed E-state index contributed by atoms with van der Waals surface area (Å²) in [6.45, 7) is 4.20. The highest BCUT2D eigenvalue weighted by Gasteiger charge is 2.30. The van der Waals surface area contributed by atoms with Crippen LogP contribution in [0.4, 0.5) is 5.69 Å². The van der Waals surface area contributed by atoms with Gasteiger partial charge in [0.2, 0.25) is 10.0 Å². The summed E-state index contributed by atoms with van der Waals surface area (Å²) in [6.07, 6.45) is 4.33. The van der Waals surface area contributed by atoms with Crippen molar-refractivity contribution >= 4 is 27.6 Å². The first-order valence-electron chi connectivity index (χ1n) is 8.74. The molecular formula is C18H24N2O6S. The van der Waals surface area contributed by atoms with Crippen molar-refractivity contribution < 1.29 is 27.5 Å². The SMILES string of the molecule is C/C=C/C(=O)OCC(=O)Nc1ccc(OCC)c(S(=O)(=O)N2CCCC2)c1. The molecule has 148 valence electrons. The zero-order valence-electron chi connectivity index (χ0n) is 15.4. The number of sulfonamides is 1. The van der Waals surface area contributed by atoms with Gasteiger partial charge in [-0.3, -0.25) is 4.79 Å². The fourth-order valence-electron chi connectivity index (χ4n) is 2.65. The molecule has 1 amide bonds. The van der Waals surface area contributed by atoms with E-state index >= 15 is 0 Å². The number of carbonyl (C=O) groups is 2. The second-order valence-corrected chi connectivity index (χ2v) is 7.77. The van der Waals surface area contributed by atoms with Crippen LogP contribution in [-0.2, 0) is 24.3 Å². The summed E-state index contributed by atoms with van der Waals surface area (Å²) in [6, 6.07) is 4.41. The zero-order valence-corrected chi connectivity index (χ0v) is 16.3. The Morgan fingerprint density at radius 2 is 1.96 bits per heavy atom. The van der Waals surface area contributed by atoms with Gasteiger partial charge in [0.1, 0.15) is 10.6 Å². The topological polar surface area (TPSA) is 102 Å². The van der Waals surface area contributed by atoms with Gasteiger partial charge in [0.25, 0.3) is 5.91 Å². The number of nitrogens with one attached hydrogen (secondary N) is 1. The molecule has 27 heavy (non-hydrogen) atoms. The number of allylic oxidation sites excluding steroid dienone is 1. The lowest BCUT2D eigenvalue weighted by Gasteiger charge is -2.19. The lowest BCUT2D eigenvalue weighted by atomic mass is 10.3. The highest BCUT2D eigenvalue weighted by molar-refractivity contribution is 7.89. The molecule has 0 aromatic heterocycles. The molecule has 0 aliphatic carbocycles. The normalized spacial score (nSPS) is 15.0. The van der Waals surface area contributed by atoms with Crippen LogP contribution in [0.25, 0.3) is 0 Å². The first-order valence-corrected chi connectivity index (χ1v) is 10.2. The van der Waals surface area contributed by atoms with Gasteiger partial charge in [-0.05, 0) is 44.9 Å². The van der Waals surface area contributed by atoms with Crippen molar-refractivity contribution in [2.75, 3.05) is 31.6 Å². The molecule has 0 unspecified atom stereocenters. The number of anilines is 1. The number of amides is 1. The molecule has 1 aromatic carbocycles. The van der Waals surface area contributed by atoms with E-state index in [1.165, 1.54) is 28.6 Å². The molecule has 1 heterocycles. The minimum absolute atomic E-state index is 0.00922. The maximum absolute atomic E-state index is 12.9. The summed E-state index contributed by atoms with van der Waals surface area (Å²) in [7, 11) is -3.72. The molecule has 8 nitrogen and oxygen atoms in total. The molecule has 1 fully saturated rings. The Hall–Kier alpha value is -2.39. The van der Waals surface area contributed by atoms with E-state index < -0.39 is 28.5 Å². The lowest BCUT2D eigenvalue weighted by Crippen LogP contribution is -2.28. The zero-order chi connectivity index (χ0) is 19.9. The highest BCUT2D eigenvalue weighted by atomic mass is 32.2. The fraction of sp³-hybridized carbons (Fsp3) is 0.444. The minimum Gasteiger partial charge on any atom is -0.492 e. The van der Waals surface area contributed by atoms with Gasteiger partial charge >= 0.3 is 5.97 Å². The summed E-state index contributed by atoms with van der Waals surface area (Å²) in [4.78, 5) is 23.2. The number of ether oxygens (including phenoxy) is 2. The number of nitrogens with zero attached hydrogens (tertiary/aromatic N) is 1. The van der Waals surface area contributed by atoms with Gasteiger partial charge in [-0.15, -0.1) is 0 Å². The van der Waals surface area contributed by atoms with Crippen LogP contribution >= 0.6 is 0 Å². The van der Waals surface area contributed by atoms with Gasteiger partial charge in [0.05, 0.1) is 6.61 Å². The number of rotatable bonds is 8. The monoisotopic (exact) mass is 396 g/mol. The number of hydrogen-bond donors (Lipinski definition) is 1. The Balaban J connectivity index is 2.19. The van der Waals surface area contributed by atoms with Gasteiger partial charge in [0, 0.05) is 24.9 Å². The largest absolute Gasteiger partial charge is 0.492 e. The molecule has 9 heteroatoms. The number of esters is 1. The van der Waals surface area contributed by atoms with Crippen molar-refractivity contribution in [3.05, 3.63) is 30.4 Å². The molecule has 2 rings (SSSR count). The van der Waals surface area contributed by atoms with Gasteiger partial charge < -0.3 is 14.8 Å². The second kappa shape index (κ2) is 9.52. The van der Waals surface area contributed by atoms with Crippen LogP contribution in [0.1, 0.15) is 26.7 Å². The van der Waals surface area contributed by atoms with Crippen LogP contribution in [0.2, 0.25) is 0 Å². The first kappa shape index (κ1) is 20.9. The van der Waals surface area contributed by atoms with Crippen molar-refractivity contribution in [1.82, 2.24) is 4.31 Å². The van der Waals surface area contributed by atoms with E-state index in [1.54, 1.807) is 19.9 Å². The maximum atomic E-state index is 12.9. The summed E-state index contributed by atoms with van der Waals surface area (Å²) >= 11 is 0. The van der Waals surface area contributed by atoms with E-state index in [0.717, 1.165) is 12.8 Å². The predicted molar refractivity (Wildman–Crippen MR) is 100 cm³/mol. The Bertz CT molecular complexity index is 813. The fourth-order valence-corrected chi connectivity index (χ4v) is 4.32. The molecule has 1 aliphatic heterocycles. The molecule has 0 spiro atoms. The maximum Gasteiger partial charge on any atom is 0.330 e. The predicted octanol–water partition coefficient (Wildman–Crippen LogP) is 1.93. The van der Waals surface area contributed by atoms with E-state index in [1.807, 2.05) is 0 Å². The average Bonchev–Trinajstić information content (AvgIpc) is 3.17. The molecule has 1 N–H and O–H groups in total. The van der Waals surface area contributed by atoms with Crippen molar-refractivity contribution in [2.24, 2.45) is 0 Å². The molecule has 1 aromatic rings. The Morgan fingerprint density at radius 3 is 2.59 bits per heavy atom. The molecule has 0 atom stereocenters.